The summed E-state index contributed by atoms with van der Waals surface area (Å²) in [6, 6.07) is 9.91. The summed E-state index contributed by atoms with van der Waals surface area (Å²) in [6.45, 7) is 0. The van der Waals surface area contributed by atoms with Gasteiger partial charge in [0.2, 0.25) is 0 Å². The van der Waals surface area contributed by atoms with Gasteiger partial charge < -0.3 is 10.1 Å². The summed E-state index contributed by atoms with van der Waals surface area (Å²) in [4.78, 5) is 10.5. The Morgan fingerprint density at radius 3 is 2.58 bits per heavy atom. The van der Waals surface area contributed by atoms with Crippen molar-refractivity contribution in [2.24, 2.45) is 0 Å². The molecule has 0 spiro atoms. The molecule has 1 aromatic carbocycles. The topological polar surface area (TPSA) is 29.1 Å². The van der Waals surface area contributed by atoms with E-state index < -0.39 is 0 Å². The predicted molar refractivity (Wildman–Crippen MR) is 49.1 cm³/mol. The zero-order chi connectivity index (χ0) is 8.81. The van der Waals surface area contributed by atoms with E-state index in [2.05, 4.69) is 5.32 Å². The van der Waals surface area contributed by atoms with Crippen LogP contribution in [0.2, 0.25) is 0 Å². The molecule has 2 nitrogen and oxygen atoms in total. The second-order valence-electron chi connectivity index (χ2n) is 2.72. The van der Waals surface area contributed by atoms with E-state index in [1.165, 1.54) is 5.56 Å². The van der Waals surface area contributed by atoms with Crippen LogP contribution >= 0.6 is 0 Å². The Morgan fingerprint density at radius 1 is 1.42 bits per heavy atom. The van der Waals surface area contributed by atoms with Crippen molar-refractivity contribution >= 4 is 6.29 Å². The number of likely N-dealkylation sites (N-methyl/N-ethyl adjacent to an activating group) is 1. The average molecular weight is 163 g/mol. The molecule has 0 bridgehead atoms. The Labute approximate surface area is 72.6 Å². The van der Waals surface area contributed by atoms with Gasteiger partial charge in [-0.1, -0.05) is 30.3 Å². The zero-order valence-electron chi connectivity index (χ0n) is 7.16. The van der Waals surface area contributed by atoms with Crippen LogP contribution in [-0.2, 0) is 11.2 Å². The first-order valence-corrected chi connectivity index (χ1v) is 4.03. The van der Waals surface area contributed by atoms with Gasteiger partial charge in [0, 0.05) is 0 Å². The van der Waals surface area contributed by atoms with Crippen molar-refractivity contribution in [3.8, 4) is 0 Å². The first-order chi connectivity index (χ1) is 5.86. The lowest BCUT2D eigenvalue weighted by Gasteiger charge is -2.07. The van der Waals surface area contributed by atoms with E-state index >= 15 is 0 Å². The highest BCUT2D eigenvalue weighted by Crippen LogP contribution is 2.01. The van der Waals surface area contributed by atoms with Crippen LogP contribution in [0.3, 0.4) is 0 Å². The molecule has 0 saturated heterocycles. The highest BCUT2D eigenvalue weighted by Gasteiger charge is 2.03. The minimum atomic E-state index is -0.0626. The van der Waals surface area contributed by atoms with Crippen molar-refractivity contribution in [2.45, 2.75) is 12.5 Å². The van der Waals surface area contributed by atoms with E-state index in [0.717, 1.165) is 12.7 Å². The SMILES string of the molecule is CN[C@H](C=O)Cc1ccccc1. The third kappa shape index (κ3) is 2.47. The van der Waals surface area contributed by atoms with Crippen molar-refractivity contribution in [2.75, 3.05) is 7.05 Å². The Morgan fingerprint density at radius 2 is 2.08 bits per heavy atom. The van der Waals surface area contributed by atoms with Crippen LogP contribution in [0.15, 0.2) is 30.3 Å². The first kappa shape index (κ1) is 8.94. The van der Waals surface area contributed by atoms with E-state index in [1.807, 2.05) is 30.3 Å². The van der Waals surface area contributed by atoms with E-state index in [9.17, 15) is 4.79 Å². The van der Waals surface area contributed by atoms with Gasteiger partial charge in [-0.05, 0) is 19.0 Å². The second-order valence-corrected chi connectivity index (χ2v) is 2.72. The molecule has 0 aliphatic rings. The second kappa shape index (κ2) is 4.67. The molecule has 1 atom stereocenters. The summed E-state index contributed by atoms with van der Waals surface area (Å²) in [5.74, 6) is 0. The molecule has 0 aliphatic heterocycles. The molecule has 64 valence electrons. The van der Waals surface area contributed by atoms with Gasteiger partial charge in [0.15, 0.2) is 0 Å². The molecule has 1 rings (SSSR count). The van der Waals surface area contributed by atoms with E-state index in [1.54, 1.807) is 7.05 Å². The quantitative estimate of drug-likeness (QED) is 0.671. The zero-order valence-corrected chi connectivity index (χ0v) is 7.16. The third-order valence-electron chi connectivity index (χ3n) is 1.83. The lowest BCUT2D eigenvalue weighted by atomic mass is 10.1. The monoisotopic (exact) mass is 163 g/mol. The molecule has 0 radical (unpaired) electrons. The van der Waals surface area contributed by atoms with Crippen molar-refractivity contribution < 1.29 is 4.79 Å². The number of benzene rings is 1. The van der Waals surface area contributed by atoms with Gasteiger partial charge in [-0.15, -0.1) is 0 Å². The van der Waals surface area contributed by atoms with Gasteiger partial charge in [0.05, 0.1) is 6.04 Å². The summed E-state index contributed by atoms with van der Waals surface area (Å²) in [5.41, 5.74) is 1.18. The smallest absolute Gasteiger partial charge is 0.137 e. The lowest BCUT2D eigenvalue weighted by Crippen LogP contribution is -2.28. The van der Waals surface area contributed by atoms with E-state index in [4.69, 9.17) is 0 Å². The van der Waals surface area contributed by atoms with Crippen LogP contribution < -0.4 is 5.32 Å². The number of aldehydes is 1. The molecule has 0 saturated carbocycles. The largest absolute Gasteiger partial charge is 0.311 e. The van der Waals surface area contributed by atoms with Crippen LogP contribution in [0.1, 0.15) is 5.56 Å². The number of carbonyl (C=O) groups is 1. The van der Waals surface area contributed by atoms with Crippen LogP contribution in [0.4, 0.5) is 0 Å². The van der Waals surface area contributed by atoms with Gasteiger partial charge >= 0.3 is 0 Å². The molecule has 12 heavy (non-hydrogen) atoms. The van der Waals surface area contributed by atoms with Gasteiger partial charge in [-0.2, -0.15) is 0 Å². The lowest BCUT2D eigenvalue weighted by molar-refractivity contribution is -0.109. The van der Waals surface area contributed by atoms with Crippen LogP contribution in [0, 0.1) is 0 Å². The van der Waals surface area contributed by atoms with Crippen LogP contribution in [0.5, 0.6) is 0 Å². The number of hydrogen-bond acceptors (Lipinski definition) is 2. The molecule has 1 N–H and O–H groups in total. The maximum absolute atomic E-state index is 10.5. The molecular formula is C10H13NO. The Hall–Kier alpha value is -1.15. The maximum Gasteiger partial charge on any atom is 0.137 e. The van der Waals surface area contributed by atoms with Crippen LogP contribution in [0.25, 0.3) is 0 Å². The number of hydrogen-bond donors (Lipinski definition) is 1. The highest BCUT2D eigenvalue weighted by molar-refractivity contribution is 5.58. The minimum absolute atomic E-state index is 0.0626. The van der Waals surface area contributed by atoms with Crippen LogP contribution in [-0.4, -0.2) is 19.4 Å². The number of carbonyl (C=O) groups excluding carboxylic acids is 1. The van der Waals surface area contributed by atoms with Crippen molar-refractivity contribution in [1.29, 1.82) is 0 Å². The highest BCUT2D eigenvalue weighted by atomic mass is 16.1. The Bertz CT molecular complexity index is 233. The Kier molecular flexibility index (Phi) is 3.48. The van der Waals surface area contributed by atoms with E-state index in [-0.39, 0.29) is 6.04 Å². The molecule has 0 unspecified atom stereocenters. The normalized spacial score (nSPS) is 12.4. The number of rotatable bonds is 4. The fraction of sp³-hybridized carbons (Fsp3) is 0.300. The fourth-order valence-corrected chi connectivity index (χ4v) is 1.09. The van der Waals surface area contributed by atoms with Crippen molar-refractivity contribution in [3.63, 3.8) is 0 Å². The molecule has 0 heterocycles. The summed E-state index contributed by atoms with van der Waals surface area (Å²) < 4.78 is 0. The molecule has 0 aromatic heterocycles. The molecule has 1 aromatic rings. The predicted octanol–water partition coefficient (Wildman–Crippen LogP) is 1.02. The molecule has 2 heteroatoms. The van der Waals surface area contributed by atoms with Crippen molar-refractivity contribution in [3.05, 3.63) is 35.9 Å². The van der Waals surface area contributed by atoms with Gasteiger partial charge in [-0.3, -0.25) is 0 Å². The number of nitrogens with one attached hydrogen (secondary N) is 1. The summed E-state index contributed by atoms with van der Waals surface area (Å²) in [7, 11) is 1.79. The molecule has 0 aliphatic carbocycles. The molecule has 0 fully saturated rings. The summed E-state index contributed by atoms with van der Waals surface area (Å²) >= 11 is 0. The van der Waals surface area contributed by atoms with Gasteiger partial charge in [0.25, 0.3) is 0 Å². The molecule has 0 amide bonds. The standard InChI is InChI=1S/C10H13NO/c1-11-10(8-12)7-9-5-3-2-4-6-9/h2-6,8,10-11H,7H2,1H3/t10-/m0/s1. The average Bonchev–Trinajstić information content (AvgIpc) is 2.16. The van der Waals surface area contributed by atoms with Crippen molar-refractivity contribution in [1.82, 2.24) is 5.32 Å². The Balaban J connectivity index is 2.56. The first-order valence-electron chi connectivity index (χ1n) is 4.03. The summed E-state index contributed by atoms with van der Waals surface area (Å²) in [5, 5.41) is 2.93. The summed E-state index contributed by atoms with van der Waals surface area (Å²) in [6.07, 6.45) is 1.70. The molecular weight excluding hydrogens is 150 g/mol. The third-order valence-corrected chi connectivity index (χ3v) is 1.83. The van der Waals surface area contributed by atoms with E-state index in [0.29, 0.717) is 0 Å². The maximum atomic E-state index is 10.5. The fourth-order valence-electron chi connectivity index (χ4n) is 1.09. The minimum Gasteiger partial charge on any atom is -0.311 e. The van der Waals surface area contributed by atoms with Gasteiger partial charge in [0.1, 0.15) is 6.29 Å². The van der Waals surface area contributed by atoms with Gasteiger partial charge in [-0.25, -0.2) is 0 Å².